The molecule has 1 saturated carbocycles. The third kappa shape index (κ3) is 5.91. The zero-order chi connectivity index (χ0) is 25.9. The number of benzene rings is 2. The van der Waals surface area contributed by atoms with Crippen molar-refractivity contribution in [3.63, 3.8) is 0 Å². The van der Waals surface area contributed by atoms with Gasteiger partial charge in [0, 0.05) is 39.7 Å². The van der Waals surface area contributed by atoms with Gasteiger partial charge in [-0.05, 0) is 55.5 Å². The molecular weight excluding hydrogens is 504 g/mol. The molecule has 2 fully saturated rings. The average Bonchev–Trinajstić information content (AvgIpc) is 3.31. The Labute approximate surface area is 213 Å². The molecule has 0 radical (unpaired) electrons. The molecular formula is C25H32N2O7S2. The van der Waals surface area contributed by atoms with Crippen LogP contribution in [0.4, 0.5) is 0 Å². The molecule has 0 spiro atoms. The van der Waals surface area contributed by atoms with E-state index in [4.69, 9.17) is 8.92 Å². The fourth-order valence-corrected chi connectivity index (χ4v) is 6.89. The highest BCUT2D eigenvalue weighted by Gasteiger charge is 2.32. The Balaban J connectivity index is 1.50. The maximum absolute atomic E-state index is 13.0. The van der Waals surface area contributed by atoms with Gasteiger partial charge in [-0.25, -0.2) is 12.7 Å². The van der Waals surface area contributed by atoms with E-state index in [-0.39, 0.29) is 28.6 Å². The summed E-state index contributed by atoms with van der Waals surface area (Å²) in [5.74, 6) is 0.253. The lowest BCUT2D eigenvalue weighted by atomic mass is 9.84. The minimum atomic E-state index is -4.42. The van der Waals surface area contributed by atoms with Crippen molar-refractivity contribution < 1.29 is 30.6 Å². The van der Waals surface area contributed by atoms with Crippen LogP contribution in [0, 0.1) is 5.92 Å². The second-order valence-electron chi connectivity index (χ2n) is 9.40. The number of carbonyl (C=O) groups is 1. The predicted octanol–water partition coefficient (Wildman–Crippen LogP) is 3.01. The molecule has 1 atom stereocenters. The van der Waals surface area contributed by atoms with E-state index in [2.05, 4.69) is 0 Å². The van der Waals surface area contributed by atoms with Gasteiger partial charge in [0.05, 0.1) is 6.10 Å². The fraction of sp³-hybridized carbons (Fsp3) is 0.480. The number of rotatable bonds is 10. The third-order valence-corrected chi connectivity index (χ3v) is 9.90. The highest BCUT2D eigenvalue weighted by molar-refractivity contribution is 7.91. The molecule has 36 heavy (non-hydrogen) atoms. The molecule has 1 amide bonds. The summed E-state index contributed by atoms with van der Waals surface area (Å²) in [6.45, 7) is 1.65. The Kier molecular flexibility index (Phi) is 8.03. The van der Waals surface area contributed by atoms with Gasteiger partial charge in [-0.2, -0.15) is 8.42 Å². The summed E-state index contributed by atoms with van der Waals surface area (Å²) in [4.78, 5) is 14.1. The number of nitrogens with zero attached hydrogens (tertiary/aromatic N) is 2. The summed E-state index contributed by atoms with van der Waals surface area (Å²) >= 11 is 0. The Bertz CT molecular complexity index is 1280. The predicted molar refractivity (Wildman–Crippen MR) is 133 cm³/mol. The molecule has 1 aliphatic heterocycles. The zero-order valence-electron chi connectivity index (χ0n) is 20.5. The quantitative estimate of drug-likeness (QED) is 0.429. The van der Waals surface area contributed by atoms with E-state index in [1.807, 2.05) is 4.90 Å². The van der Waals surface area contributed by atoms with E-state index in [9.17, 15) is 21.6 Å². The molecule has 9 nitrogen and oxygen atoms in total. The molecule has 0 unspecified atom stereocenters. The van der Waals surface area contributed by atoms with Crippen molar-refractivity contribution in [3.8, 4) is 5.75 Å². The molecule has 1 saturated heterocycles. The Hall–Kier alpha value is -2.47. The number of sulfonamides is 1. The van der Waals surface area contributed by atoms with E-state index >= 15 is 0 Å². The van der Waals surface area contributed by atoms with Crippen LogP contribution in [0.15, 0.2) is 58.3 Å². The molecule has 2 aromatic rings. The largest absolute Gasteiger partial charge is 0.379 e. The highest BCUT2D eigenvalue weighted by Crippen LogP contribution is 2.30. The topological polar surface area (TPSA) is 110 Å². The van der Waals surface area contributed by atoms with E-state index < -0.39 is 25.0 Å². The molecule has 1 aliphatic carbocycles. The van der Waals surface area contributed by atoms with Crippen LogP contribution in [0.1, 0.15) is 37.7 Å². The monoisotopic (exact) mass is 536 g/mol. The van der Waals surface area contributed by atoms with Crippen LogP contribution in [-0.2, 0) is 36.2 Å². The molecule has 2 aliphatic rings. The lowest BCUT2D eigenvalue weighted by Crippen LogP contribution is -2.42. The number of hydrogen-bond donors (Lipinski definition) is 0. The standard InChI is InChI=1S/C25H32N2O7S2/c1-26(2)35(29,30)23-10-3-4-11-24(23)36(31,32)34-21-14-12-19(13-15-21)17-27(18-22-9-6-16-33-22)25(28)20-7-5-8-20/h3-4,10-15,20,22H,5-9,16-18H2,1-2H3/t22-/m1/s1. The van der Waals surface area contributed by atoms with Gasteiger partial charge in [-0.3, -0.25) is 4.79 Å². The maximum atomic E-state index is 13.0. The zero-order valence-corrected chi connectivity index (χ0v) is 22.1. The van der Waals surface area contributed by atoms with Gasteiger partial charge < -0.3 is 13.8 Å². The Morgan fingerprint density at radius 2 is 1.61 bits per heavy atom. The first kappa shape index (κ1) is 26.6. The van der Waals surface area contributed by atoms with Crippen LogP contribution in [0.25, 0.3) is 0 Å². The minimum Gasteiger partial charge on any atom is -0.379 e. The van der Waals surface area contributed by atoms with Gasteiger partial charge in [0.15, 0.2) is 0 Å². The lowest BCUT2D eigenvalue weighted by Gasteiger charge is -2.33. The normalized spacial score (nSPS) is 18.7. The number of amides is 1. The van der Waals surface area contributed by atoms with E-state index in [0.717, 1.165) is 48.6 Å². The average molecular weight is 537 g/mol. The minimum absolute atomic E-state index is 0.0419. The smallest absolute Gasteiger partial charge is 0.340 e. The van der Waals surface area contributed by atoms with E-state index in [1.165, 1.54) is 50.5 Å². The van der Waals surface area contributed by atoms with Crippen molar-refractivity contribution in [2.75, 3.05) is 27.2 Å². The Morgan fingerprint density at radius 1 is 0.944 bits per heavy atom. The molecule has 196 valence electrons. The number of ether oxygens (including phenoxy) is 1. The summed E-state index contributed by atoms with van der Waals surface area (Å²) in [7, 11) is -5.76. The molecule has 4 rings (SSSR count). The van der Waals surface area contributed by atoms with Gasteiger partial charge in [-0.1, -0.05) is 30.7 Å². The van der Waals surface area contributed by atoms with Crippen molar-refractivity contribution in [1.82, 2.24) is 9.21 Å². The van der Waals surface area contributed by atoms with Crippen LogP contribution in [0.2, 0.25) is 0 Å². The van der Waals surface area contributed by atoms with Crippen molar-refractivity contribution in [2.24, 2.45) is 5.92 Å². The van der Waals surface area contributed by atoms with Gasteiger partial charge in [0.2, 0.25) is 15.9 Å². The Morgan fingerprint density at radius 3 is 2.17 bits per heavy atom. The van der Waals surface area contributed by atoms with Crippen molar-refractivity contribution in [2.45, 2.75) is 54.5 Å². The van der Waals surface area contributed by atoms with Gasteiger partial charge in [0.25, 0.3) is 0 Å². The molecule has 0 N–H and O–H groups in total. The van der Waals surface area contributed by atoms with Crippen LogP contribution in [0.5, 0.6) is 5.75 Å². The van der Waals surface area contributed by atoms with Crippen LogP contribution in [-0.4, -0.2) is 65.3 Å². The summed E-state index contributed by atoms with van der Waals surface area (Å²) in [6.07, 6.45) is 4.87. The SMILES string of the molecule is CN(C)S(=O)(=O)c1ccccc1S(=O)(=O)Oc1ccc(CN(C[C@H]2CCCO2)C(=O)C2CCC2)cc1. The summed E-state index contributed by atoms with van der Waals surface area (Å²) in [5, 5.41) is 0. The first-order chi connectivity index (χ1) is 17.1. The molecule has 2 aromatic carbocycles. The van der Waals surface area contributed by atoms with E-state index in [0.29, 0.717) is 13.1 Å². The van der Waals surface area contributed by atoms with Crippen molar-refractivity contribution in [3.05, 3.63) is 54.1 Å². The maximum Gasteiger partial charge on any atom is 0.340 e. The fourth-order valence-electron chi connectivity index (χ4n) is 4.29. The number of hydrogen-bond acceptors (Lipinski definition) is 7. The van der Waals surface area contributed by atoms with Crippen LogP contribution >= 0.6 is 0 Å². The van der Waals surface area contributed by atoms with E-state index in [1.54, 1.807) is 12.1 Å². The number of carbonyl (C=O) groups excluding carboxylic acids is 1. The van der Waals surface area contributed by atoms with Gasteiger partial charge in [-0.15, -0.1) is 0 Å². The van der Waals surface area contributed by atoms with Crippen LogP contribution < -0.4 is 4.18 Å². The lowest BCUT2D eigenvalue weighted by molar-refractivity contribution is -0.140. The molecule has 0 bridgehead atoms. The van der Waals surface area contributed by atoms with Gasteiger partial charge >= 0.3 is 10.1 Å². The van der Waals surface area contributed by atoms with Gasteiger partial charge in [0.1, 0.15) is 15.5 Å². The first-order valence-corrected chi connectivity index (χ1v) is 14.9. The summed E-state index contributed by atoms with van der Waals surface area (Å²) in [6, 6.07) is 11.8. The molecule has 1 heterocycles. The van der Waals surface area contributed by atoms with Crippen molar-refractivity contribution >= 4 is 26.0 Å². The second kappa shape index (κ2) is 10.9. The molecule has 11 heteroatoms. The molecule has 0 aromatic heterocycles. The first-order valence-electron chi connectivity index (χ1n) is 12.0. The summed E-state index contributed by atoms with van der Waals surface area (Å²) in [5.41, 5.74) is 0.834. The second-order valence-corrected chi connectivity index (χ2v) is 13.0. The highest BCUT2D eigenvalue weighted by atomic mass is 32.2. The summed E-state index contributed by atoms with van der Waals surface area (Å²) < 4.78 is 63.2. The third-order valence-electron chi connectivity index (χ3n) is 6.59. The van der Waals surface area contributed by atoms with Crippen molar-refractivity contribution in [1.29, 1.82) is 0 Å². The van der Waals surface area contributed by atoms with Crippen LogP contribution in [0.3, 0.4) is 0 Å².